The van der Waals surface area contributed by atoms with Gasteiger partial charge in [0, 0.05) is 16.3 Å². The summed E-state index contributed by atoms with van der Waals surface area (Å²) in [7, 11) is -3.59. The van der Waals surface area contributed by atoms with Crippen molar-refractivity contribution in [3.8, 4) is 0 Å². The summed E-state index contributed by atoms with van der Waals surface area (Å²) in [6, 6.07) is 7.04. The molecule has 2 aromatic rings. The zero-order valence-corrected chi connectivity index (χ0v) is 13.1. The summed E-state index contributed by atoms with van der Waals surface area (Å²) < 4.78 is 32.0. The van der Waals surface area contributed by atoms with E-state index >= 15 is 0 Å². The third-order valence-corrected chi connectivity index (χ3v) is 4.96. The summed E-state index contributed by atoms with van der Waals surface area (Å²) in [6.07, 6.45) is 0. The standard InChI is InChI=1S/C13H18N2O3S2/c1-3-14-8-11-5-7-13(18-11)20(16,17)15-9-12-6-4-10(2)19-12/h4-7,14-15H,3,8-9H2,1-2H3. The molecule has 2 heterocycles. The Morgan fingerprint density at radius 2 is 2.00 bits per heavy atom. The second kappa shape index (κ2) is 6.53. The fourth-order valence-electron chi connectivity index (χ4n) is 1.66. The van der Waals surface area contributed by atoms with Crippen molar-refractivity contribution >= 4 is 21.4 Å². The van der Waals surface area contributed by atoms with E-state index in [0.717, 1.165) is 16.3 Å². The van der Waals surface area contributed by atoms with Gasteiger partial charge in [0.05, 0.1) is 6.54 Å². The van der Waals surface area contributed by atoms with Crippen LogP contribution in [0.25, 0.3) is 0 Å². The number of hydrogen-bond donors (Lipinski definition) is 2. The number of thiophene rings is 1. The van der Waals surface area contributed by atoms with Crippen LogP contribution >= 0.6 is 11.3 Å². The number of sulfonamides is 1. The Morgan fingerprint density at radius 1 is 1.20 bits per heavy atom. The molecule has 0 aliphatic carbocycles. The van der Waals surface area contributed by atoms with Gasteiger partial charge >= 0.3 is 0 Å². The monoisotopic (exact) mass is 314 g/mol. The van der Waals surface area contributed by atoms with E-state index in [4.69, 9.17) is 4.42 Å². The number of rotatable bonds is 7. The van der Waals surface area contributed by atoms with Gasteiger partial charge in [-0.15, -0.1) is 11.3 Å². The average Bonchev–Trinajstić information content (AvgIpc) is 3.03. The summed E-state index contributed by atoms with van der Waals surface area (Å²) in [4.78, 5) is 2.13. The van der Waals surface area contributed by atoms with E-state index in [1.165, 1.54) is 6.07 Å². The Labute approximate surface area is 123 Å². The molecule has 0 aromatic carbocycles. The van der Waals surface area contributed by atoms with Crippen LogP contribution in [0.5, 0.6) is 0 Å². The topological polar surface area (TPSA) is 71.3 Å². The number of nitrogens with one attached hydrogen (secondary N) is 2. The van der Waals surface area contributed by atoms with Gasteiger partial charge in [-0.25, -0.2) is 13.1 Å². The molecule has 0 bridgehead atoms. The SMILES string of the molecule is CCNCc1ccc(S(=O)(=O)NCc2ccc(C)s2)o1. The van der Waals surface area contributed by atoms with Gasteiger partial charge in [0.2, 0.25) is 5.09 Å². The fourth-order valence-corrected chi connectivity index (χ4v) is 3.54. The molecule has 0 saturated carbocycles. The fraction of sp³-hybridized carbons (Fsp3) is 0.385. The lowest BCUT2D eigenvalue weighted by Crippen LogP contribution is -2.22. The van der Waals surface area contributed by atoms with Crippen molar-refractivity contribution in [3.05, 3.63) is 39.8 Å². The number of hydrogen-bond acceptors (Lipinski definition) is 5. The highest BCUT2D eigenvalue weighted by Gasteiger charge is 2.18. The zero-order valence-electron chi connectivity index (χ0n) is 11.5. The highest BCUT2D eigenvalue weighted by molar-refractivity contribution is 7.89. The first-order chi connectivity index (χ1) is 9.51. The third-order valence-electron chi connectivity index (χ3n) is 2.68. The van der Waals surface area contributed by atoms with Gasteiger partial charge in [0.15, 0.2) is 0 Å². The van der Waals surface area contributed by atoms with Gasteiger partial charge in [-0.2, -0.15) is 0 Å². The maximum absolute atomic E-state index is 12.1. The number of aryl methyl sites for hydroxylation is 1. The first-order valence-corrected chi connectivity index (χ1v) is 8.65. The third kappa shape index (κ3) is 3.92. The van der Waals surface area contributed by atoms with Crippen LogP contribution in [0.3, 0.4) is 0 Å². The predicted molar refractivity (Wildman–Crippen MR) is 79.2 cm³/mol. The summed E-state index contributed by atoms with van der Waals surface area (Å²) in [5.41, 5.74) is 0. The molecule has 0 unspecified atom stereocenters. The van der Waals surface area contributed by atoms with Crippen LogP contribution in [0.15, 0.2) is 33.8 Å². The second-order valence-corrected chi connectivity index (χ2v) is 7.41. The normalized spacial score (nSPS) is 11.9. The van der Waals surface area contributed by atoms with E-state index in [0.29, 0.717) is 12.3 Å². The Morgan fingerprint density at radius 3 is 2.65 bits per heavy atom. The van der Waals surface area contributed by atoms with Crippen molar-refractivity contribution in [2.45, 2.75) is 32.0 Å². The summed E-state index contributed by atoms with van der Waals surface area (Å²) in [5.74, 6) is 0.610. The van der Waals surface area contributed by atoms with Gasteiger partial charge in [-0.05, 0) is 37.7 Å². The molecule has 0 fully saturated rings. The molecule has 2 rings (SSSR count). The van der Waals surface area contributed by atoms with Gasteiger partial charge in [-0.3, -0.25) is 0 Å². The zero-order chi connectivity index (χ0) is 14.6. The molecule has 0 amide bonds. The molecule has 20 heavy (non-hydrogen) atoms. The Bertz CT molecular complexity index is 659. The molecule has 0 saturated heterocycles. The molecule has 0 aliphatic heterocycles. The van der Waals surface area contributed by atoms with Crippen molar-refractivity contribution in [3.63, 3.8) is 0 Å². The largest absolute Gasteiger partial charge is 0.447 e. The van der Waals surface area contributed by atoms with Crippen LogP contribution in [0.2, 0.25) is 0 Å². The van der Waals surface area contributed by atoms with Crippen LogP contribution in [-0.4, -0.2) is 15.0 Å². The maximum atomic E-state index is 12.1. The minimum Gasteiger partial charge on any atom is -0.447 e. The van der Waals surface area contributed by atoms with E-state index in [1.54, 1.807) is 17.4 Å². The molecule has 2 N–H and O–H groups in total. The molecule has 2 aromatic heterocycles. The van der Waals surface area contributed by atoms with Crippen LogP contribution in [-0.2, 0) is 23.1 Å². The van der Waals surface area contributed by atoms with Crippen molar-refractivity contribution in [2.24, 2.45) is 0 Å². The molecule has 0 radical (unpaired) electrons. The average molecular weight is 314 g/mol. The molecule has 110 valence electrons. The minimum atomic E-state index is -3.59. The molecule has 0 spiro atoms. The summed E-state index contributed by atoms with van der Waals surface area (Å²) in [6.45, 7) is 5.58. The van der Waals surface area contributed by atoms with Gasteiger partial charge < -0.3 is 9.73 Å². The lowest BCUT2D eigenvalue weighted by atomic mass is 10.4. The van der Waals surface area contributed by atoms with Crippen molar-refractivity contribution in [1.29, 1.82) is 0 Å². The smallest absolute Gasteiger partial charge is 0.274 e. The van der Waals surface area contributed by atoms with E-state index in [1.807, 2.05) is 26.0 Å². The summed E-state index contributed by atoms with van der Waals surface area (Å²) >= 11 is 1.57. The maximum Gasteiger partial charge on any atom is 0.274 e. The van der Waals surface area contributed by atoms with E-state index < -0.39 is 10.0 Å². The van der Waals surface area contributed by atoms with Crippen LogP contribution in [0, 0.1) is 6.92 Å². The van der Waals surface area contributed by atoms with E-state index in [-0.39, 0.29) is 11.6 Å². The van der Waals surface area contributed by atoms with Gasteiger partial charge in [0.1, 0.15) is 5.76 Å². The molecule has 0 aliphatic rings. The van der Waals surface area contributed by atoms with Crippen LogP contribution in [0.4, 0.5) is 0 Å². The highest BCUT2D eigenvalue weighted by Crippen LogP contribution is 2.17. The second-order valence-electron chi connectivity index (χ2n) is 4.34. The van der Waals surface area contributed by atoms with Gasteiger partial charge in [0.25, 0.3) is 10.0 Å². The first kappa shape index (κ1) is 15.2. The molecule has 0 atom stereocenters. The van der Waals surface area contributed by atoms with Crippen LogP contribution < -0.4 is 10.0 Å². The number of furan rings is 1. The minimum absolute atomic E-state index is 0.0429. The lowest BCUT2D eigenvalue weighted by molar-refractivity contribution is 0.401. The Kier molecular flexibility index (Phi) is 4.98. The molecular formula is C13H18N2O3S2. The predicted octanol–water partition coefficient (Wildman–Crippen LogP) is 2.24. The summed E-state index contributed by atoms with van der Waals surface area (Å²) in [5, 5.41) is 3.04. The quantitative estimate of drug-likeness (QED) is 0.822. The van der Waals surface area contributed by atoms with Crippen LogP contribution in [0.1, 0.15) is 22.4 Å². The lowest BCUT2D eigenvalue weighted by Gasteiger charge is -2.02. The molecular weight excluding hydrogens is 296 g/mol. The van der Waals surface area contributed by atoms with Crippen molar-refractivity contribution in [2.75, 3.05) is 6.54 Å². The van der Waals surface area contributed by atoms with Crippen molar-refractivity contribution < 1.29 is 12.8 Å². The Hall–Kier alpha value is -1.15. The van der Waals surface area contributed by atoms with E-state index in [2.05, 4.69) is 10.0 Å². The van der Waals surface area contributed by atoms with Crippen molar-refractivity contribution in [1.82, 2.24) is 10.0 Å². The Balaban J connectivity index is 2.00. The first-order valence-electron chi connectivity index (χ1n) is 6.35. The highest BCUT2D eigenvalue weighted by atomic mass is 32.2. The molecule has 5 nitrogen and oxygen atoms in total. The molecule has 7 heteroatoms. The van der Waals surface area contributed by atoms with E-state index in [9.17, 15) is 8.42 Å². The van der Waals surface area contributed by atoms with Gasteiger partial charge in [-0.1, -0.05) is 6.92 Å².